The van der Waals surface area contributed by atoms with E-state index < -0.39 is 0 Å². The quantitative estimate of drug-likeness (QED) is 0.778. The fraction of sp³-hybridized carbons (Fsp3) is 0.706. The van der Waals surface area contributed by atoms with Gasteiger partial charge in [0.25, 0.3) is 0 Å². The molecule has 134 valence electrons. The van der Waals surface area contributed by atoms with Crippen molar-refractivity contribution >= 4 is 17.2 Å². The number of amides is 1. The maximum atomic E-state index is 12.7. The van der Waals surface area contributed by atoms with E-state index in [0.29, 0.717) is 12.6 Å². The molecule has 2 aliphatic rings. The van der Waals surface area contributed by atoms with E-state index >= 15 is 0 Å². The molecule has 1 aliphatic carbocycles. The number of hydrazine groups is 1. The third-order valence-electron chi connectivity index (χ3n) is 4.86. The van der Waals surface area contributed by atoms with Crippen LogP contribution >= 0.6 is 11.3 Å². The van der Waals surface area contributed by atoms with E-state index in [0.717, 1.165) is 38.8 Å². The van der Waals surface area contributed by atoms with Gasteiger partial charge in [-0.2, -0.15) is 0 Å². The Kier molecular flexibility index (Phi) is 6.62. The first-order chi connectivity index (χ1) is 11.8. The lowest BCUT2D eigenvalue weighted by molar-refractivity contribution is -0.141. The molecule has 0 aromatic carbocycles. The first-order valence-electron chi connectivity index (χ1n) is 8.68. The number of nitrogens with zero attached hydrogens (tertiary/aromatic N) is 1. The zero-order valence-electron chi connectivity index (χ0n) is 14.2. The molecule has 3 rings (SSSR count). The standard InChI is InChI=1S/C17H27N3O3S/c1-22-14-4-6-15(7-5-14)23-12-17(21)20(13-9-18-19-10-13)11-16-3-2-8-24-16/h2-3,8,13-15,18-19H,4-7,9-12H2,1H3. The topological polar surface area (TPSA) is 62.8 Å². The van der Waals surface area contributed by atoms with Crippen LogP contribution in [0.15, 0.2) is 17.5 Å². The van der Waals surface area contributed by atoms with Crippen LogP contribution in [0, 0.1) is 0 Å². The van der Waals surface area contributed by atoms with Crippen LogP contribution in [0.5, 0.6) is 0 Å². The summed E-state index contributed by atoms with van der Waals surface area (Å²) in [6.07, 6.45) is 4.53. The van der Waals surface area contributed by atoms with Crippen molar-refractivity contribution in [2.75, 3.05) is 26.8 Å². The summed E-state index contributed by atoms with van der Waals surface area (Å²) in [4.78, 5) is 15.9. The second-order valence-corrected chi connectivity index (χ2v) is 7.49. The van der Waals surface area contributed by atoms with E-state index in [4.69, 9.17) is 9.47 Å². The smallest absolute Gasteiger partial charge is 0.249 e. The average Bonchev–Trinajstić information content (AvgIpc) is 3.31. The van der Waals surface area contributed by atoms with Crippen molar-refractivity contribution in [3.63, 3.8) is 0 Å². The lowest BCUT2D eigenvalue weighted by Crippen LogP contribution is -2.45. The second kappa shape index (κ2) is 8.92. The summed E-state index contributed by atoms with van der Waals surface area (Å²) in [5.74, 6) is 0.0766. The normalized spacial score (nSPS) is 25.0. The van der Waals surface area contributed by atoms with Gasteiger partial charge in [-0.05, 0) is 37.1 Å². The van der Waals surface area contributed by atoms with Crippen LogP contribution in [0.4, 0.5) is 0 Å². The van der Waals surface area contributed by atoms with Crippen molar-refractivity contribution in [3.05, 3.63) is 22.4 Å². The molecule has 1 aliphatic heterocycles. The Balaban J connectivity index is 1.51. The number of ether oxygens (including phenoxy) is 2. The molecule has 1 aromatic rings. The van der Waals surface area contributed by atoms with E-state index in [-0.39, 0.29) is 24.7 Å². The van der Waals surface area contributed by atoms with E-state index in [2.05, 4.69) is 16.9 Å². The summed E-state index contributed by atoms with van der Waals surface area (Å²) >= 11 is 1.69. The molecule has 0 radical (unpaired) electrons. The maximum absolute atomic E-state index is 12.7. The molecule has 0 bridgehead atoms. The van der Waals surface area contributed by atoms with Crippen LogP contribution in [0.2, 0.25) is 0 Å². The third kappa shape index (κ3) is 4.77. The van der Waals surface area contributed by atoms with Crippen molar-refractivity contribution in [2.24, 2.45) is 0 Å². The molecule has 7 heteroatoms. The van der Waals surface area contributed by atoms with Gasteiger partial charge in [-0.25, -0.2) is 0 Å². The third-order valence-corrected chi connectivity index (χ3v) is 5.73. The van der Waals surface area contributed by atoms with Gasteiger partial charge in [0.05, 0.1) is 24.8 Å². The molecule has 2 heterocycles. The van der Waals surface area contributed by atoms with Crippen molar-refractivity contribution in [2.45, 2.75) is 50.5 Å². The van der Waals surface area contributed by atoms with E-state index in [1.807, 2.05) is 16.3 Å². The molecular weight excluding hydrogens is 326 g/mol. The predicted molar refractivity (Wildman–Crippen MR) is 93.7 cm³/mol. The fourth-order valence-corrected chi connectivity index (χ4v) is 4.07. The monoisotopic (exact) mass is 353 g/mol. The Morgan fingerprint density at radius 1 is 1.25 bits per heavy atom. The Morgan fingerprint density at radius 3 is 2.58 bits per heavy atom. The molecule has 2 fully saturated rings. The Labute approximate surface area is 147 Å². The Hall–Kier alpha value is -0.990. The van der Waals surface area contributed by atoms with E-state index in [1.165, 1.54) is 4.88 Å². The predicted octanol–water partition coefficient (Wildman–Crippen LogP) is 1.53. The minimum absolute atomic E-state index is 0.0766. The number of methoxy groups -OCH3 is 1. The van der Waals surface area contributed by atoms with Crippen LogP contribution in [0.25, 0.3) is 0 Å². The number of carbonyl (C=O) groups is 1. The summed E-state index contributed by atoms with van der Waals surface area (Å²) in [5, 5.41) is 2.05. The number of thiophene rings is 1. The van der Waals surface area contributed by atoms with Gasteiger partial charge >= 0.3 is 0 Å². The highest BCUT2D eigenvalue weighted by atomic mass is 32.1. The molecule has 1 saturated heterocycles. The SMILES string of the molecule is COC1CCC(OCC(=O)N(Cc2cccs2)C2CNNC2)CC1. The lowest BCUT2D eigenvalue weighted by Gasteiger charge is -2.30. The fourth-order valence-electron chi connectivity index (χ4n) is 3.37. The highest BCUT2D eigenvalue weighted by Crippen LogP contribution is 2.23. The summed E-state index contributed by atoms with van der Waals surface area (Å²) in [5.41, 5.74) is 6.22. The molecule has 1 aromatic heterocycles. The van der Waals surface area contributed by atoms with Gasteiger partial charge in [-0.1, -0.05) is 6.07 Å². The number of hydrogen-bond acceptors (Lipinski definition) is 6. The number of hydrogen-bond donors (Lipinski definition) is 2. The summed E-state index contributed by atoms with van der Waals surface area (Å²) in [6, 6.07) is 4.28. The van der Waals surface area contributed by atoms with E-state index in [1.54, 1.807) is 18.4 Å². The molecule has 0 unspecified atom stereocenters. The maximum Gasteiger partial charge on any atom is 0.249 e. The zero-order chi connectivity index (χ0) is 16.8. The summed E-state index contributed by atoms with van der Waals surface area (Å²) < 4.78 is 11.3. The van der Waals surface area contributed by atoms with Crippen molar-refractivity contribution in [1.29, 1.82) is 0 Å². The zero-order valence-corrected chi connectivity index (χ0v) is 15.0. The van der Waals surface area contributed by atoms with Gasteiger partial charge in [0, 0.05) is 25.1 Å². The van der Waals surface area contributed by atoms with Gasteiger partial charge < -0.3 is 14.4 Å². The molecule has 1 amide bonds. The number of rotatable bonds is 7. The summed E-state index contributed by atoms with van der Waals surface area (Å²) in [7, 11) is 1.77. The van der Waals surface area contributed by atoms with Crippen molar-refractivity contribution in [3.8, 4) is 0 Å². The molecule has 6 nitrogen and oxygen atoms in total. The van der Waals surface area contributed by atoms with Crippen molar-refractivity contribution < 1.29 is 14.3 Å². The number of carbonyl (C=O) groups excluding carboxylic acids is 1. The number of nitrogens with one attached hydrogen (secondary N) is 2. The van der Waals surface area contributed by atoms with Crippen LogP contribution < -0.4 is 10.9 Å². The average molecular weight is 353 g/mol. The van der Waals surface area contributed by atoms with Crippen LogP contribution in [-0.4, -0.2) is 55.9 Å². The van der Waals surface area contributed by atoms with Gasteiger partial charge in [-0.15, -0.1) is 11.3 Å². The highest BCUT2D eigenvalue weighted by molar-refractivity contribution is 7.09. The lowest BCUT2D eigenvalue weighted by atomic mass is 9.95. The minimum Gasteiger partial charge on any atom is -0.381 e. The Morgan fingerprint density at radius 2 is 1.96 bits per heavy atom. The second-order valence-electron chi connectivity index (χ2n) is 6.46. The molecule has 24 heavy (non-hydrogen) atoms. The van der Waals surface area contributed by atoms with Gasteiger partial charge in [0.1, 0.15) is 6.61 Å². The van der Waals surface area contributed by atoms with Gasteiger partial charge in [-0.3, -0.25) is 15.6 Å². The van der Waals surface area contributed by atoms with Gasteiger partial charge in [0.2, 0.25) is 5.91 Å². The molecule has 0 spiro atoms. The van der Waals surface area contributed by atoms with Crippen LogP contribution in [-0.2, 0) is 20.8 Å². The van der Waals surface area contributed by atoms with Crippen LogP contribution in [0.3, 0.4) is 0 Å². The van der Waals surface area contributed by atoms with Crippen LogP contribution in [0.1, 0.15) is 30.6 Å². The first-order valence-corrected chi connectivity index (χ1v) is 9.56. The molecular formula is C17H27N3O3S. The molecule has 1 saturated carbocycles. The van der Waals surface area contributed by atoms with E-state index in [9.17, 15) is 4.79 Å². The van der Waals surface area contributed by atoms with Gasteiger partial charge in [0.15, 0.2) is 0 Å². The first kappa shape index (κ1) is 17.8. The van der Waals surface area contributed by atoms with Crippen molar-refractivity contribution in [1.82, 2.24) is 15.8 Å². The molecule has 2 N–H and O–H groups in total. The molecule has 0 atom stereocenters. The largest absolute Gasteiger partial charge is 0.381 e. The summed E-state index contributed by atoms with van der Waals surface area (Å²) in [6.45, 7) is 2.38. The Bertz CT molecular complexity index is 497. The minimum atomic E-state index is 0.0766. The highest BCUT2D eigenvalue weighted by Gasteiger charge is 2.28.